The molecule has 4 heteroatoms. The Balaban J connectivity index is 1.87. The van der Waals surface area contributed by atoms with Crippen molar-refractivity contribution < 1.29 is 9.32 Å². The van der Waals surface area contributed by atoms with E-state index in [4.69, 9.17) is 4.52 Å². The summed E-state index contributed by atoms with van der Waals surface area (Å²) in [5.74, 6) is 1.36. The van der Waals surface area contributed by atoms with Gasteiger partial charge >= 0.3 is 0 Å². The van der Waals surface area contributed by atoms with E-state index < -0.39 is 0 Å². The number of Topliss-reactive ketones (excluding diaryl/α,β-unsaturated/α-hetero) is 1. The summed E-state index contributed by atoms with van der Waals surface area (Å²) in [6.07, 6.45) is 2.41. The Bertz CT molecular complexity index is 828. The number of aromatic nitrogens is 1. The van der Waals surface area contributed by atoms with Gasteiger partial charge in [-0.3, -0.25) is 4.79 Å². The van der Waals surface area contributed by atoms with Crippen LogP contribution in [-0.2, 0) is 4.79 Å². The van der Waals surface area contributed by atoms with Crippen molar-refractivity contribution in [3.8, 4) is 0 Å². The maximum atomic E-state index is 12.7. The number of carbonyl (C=O) groups excluding carboxylic acids is 1. The topological polar surface area (TPSA) is 55.1 Å². The highest BCUT2D eigenvalue weighted by Crippen LogP contribution is 2.46. The minimum atomic E-state index is -0.0727. The second kappa shape index (κ2) is 5.62. The highest BCUT2D eigenvalue weighted by molar-refractivity contribution is 6.00. The Kier molecular flexibility index (Phi) is 3.56. The first kappa shape index (κ1) is 15.2. The molecule has 1 aromatic heterocycles. The zero-order valence-corrected chi connectivity index (χ0v) is 14.3. The molecule has 1 atom stereocenters. The number of anilines is 1. The molecule has 24 heavy (non-hydrogen) atoms. The molecule has 2 heterocycles. The van der Waals surface area contributed by atoms with Gasteiger partial charge in [-0.25, -0.2) is 0 Å². The third kappa shape index (κ3) is 2.29. The largest absolute Gasteiger partial charge is 0.338 e. The van der Waals surface area contributed by atoms with Gasteiger partial charge < -0.3 is 9.84 Å². The summed E-state index contributed by atoms with van der Waals surface area (Å²) in [4.78, 5) is 12.7. The van der Waals surface area contributed by atoms with E-state index in [-0.39, 0.29) is 11.7 Å². The Hall–Kier alpha value is -2.36. The number of nitrogens with one attached hydrogen (secondary N) is 1. The molecule has 4 rings (SSSR count). The molecule has 1 aromatic carbocycles. The van der Waals surface area contributed by atoms with Crippen molar-refractivity contribution in [3.63, 3.8) is 0 Å². The summed E-state index contributed by atoms with van der Waals surface area (Å²) in [5, 5.41) is 7.44. The lowest BCUT2D eigenvalue weighted by molar-refractivity contribution is -0.116. The number of carbonyl (C=O) groups is 1. The van der Waals surface area contributed by atoms with E-state index in [2.05, 4.69) is 48.6 Å². The lowest BCUT2D eigenvalue weighted by atomic mass is 9.76. The number of allylic oxidation sites excluding steroid dienone is 2. The van der Waals surface area contributed by atoms with Gasteiger partial charge in [-0.1, -0.05) is 43.3 Å². The minimum Gasteiger partial charge on any atom is -0.338 e. The van der Waals surface area contributed by atoms with Crippen molar-refractivity contribution in [2.45, 2.75) is 51.9 Å². The minimum absolute atomic E-state index is 0.0727. The van der Waals surface area contributed by atoms with Gasteiger partial charge in [0.1, 0.15) is 0 Å². The van der Waals surface area contributed by atoms with Gasteiger partial charge in [0, 0.05) is 23.6 Å². The molecule has 124 valence electrons. The zero-order valence-electron chi connectivity index (χ0n) is 14.3. The number of hydrogen-bond donors (Lipinski definition) is 1. The van der Waals surface area contributed by atoms with Crippen LogP contribution in [0.25, 0.3) is 0 Å². The second-order valence-electron chi connectivity index (χ2n) is 7.06. The molecule has 2 aliphatic rings. The van der Waals surface area contributed by atoms with Crippen molar-refractivity contribution in [1.29, 1.82) is 0 Å². The number of fused-ring (bicyclic) bond motifs is 1. The van der Waals surface area contributed by atoms with Gasteiger partial charge in [-0.15, -0.1) is 0 Å². The monoisotopic (exact) mass is 322 g/mol. The predicted octanol–water partition coefficient (Wildman–Crippen LogP) is 4.67. The number of aryl methyl sites for hydroxylation is 1. The summed E-state index contributed by atoms with van der Waals surface area (Å²) in [6, 6.07) is 8.62. The molecule has 0 saturated carbocycles. The molecule has 4 nitrogen and oxygen atoms in total. The fraction of sp³-hybridized carbons (Fsp3) is 0.400. The van der Waals surface area contributed by atoms with E-state index in [0.717, 1.165) is 40.9 Å². The van der Waals surface area contributed by atoms with Crippen LogP contribution in [0.4, 0.5) is 5.88 Å². The van der Waals surface area contributed by atoms with Crippen molar-refractivity contribution in [2.24, 2.45) is 0 Å². The van der Waals surface area contributed by atoms with Gasteiger partial charge in [0.2, 0.25) is 5.88 Å². The molecule has 1 aliphatic heterocycles. The highest BCUT2D eigenvalue weighted by atomic mass is 16.5. The number of benzene rings is 1. The van der Waals surface area contributed by atoms with E-state index in [1.54, 1.807) is 0 Å². The standard InChI is InChI=1S/C20H22N2O2/c1-11(2)13-7-9-14(10-8-13)18-17-12(3)22-24-20(17)21-15-5-4-6-16(23)19(15)18/h7-11,18,21H,4-6H2,1-3H3/t18-/m1/s1. The number of rotatable bonds is 2. The molecule has 0 saturated heterocycles. The Morgan fingerprint density at radius 1 is 1.21 bits per heavy atom. The lowest BCUT2D eigenvalue weighted by Crippen LogP contribution is -2.26. The van der Waals surface area contributed by atoms with Gasteiger partial charge in [0.25, 0.3) is 0 Å². The van der Waals surface area contributed by atoms with Gasteiger partial charge in [0.05, 0.1) is 11.3 Å². The molecule has 0 fully saturated rings. The van der Waals surface area contributed by atoms with Crippen LogP contribution in [0.5, 0.6) is 0 Å². The van der Waals surface area contributed by atoms with Crippen LogP contribution < -0.4 is 5.32 Å². The molecule has 1 N–H and O–H groups in total. The van der Waals surface area contributed by atoms with Crippen LogP contribution in [-0.4, -0.2) is 10.9 Å². The van der Waals surface area contributed by atoms with Gasteiger partial charge in [-0.2, -0.15) is 0 Å². The first-order valence-corrected chi connectivity index (χ1v) is 8.65. The molecule has 0 amide bonds. The van der Waals surface area contributed by atoms with E-state index in [1.807, 2.05) is 6.92 Å². The fourth-order valence-electron chi connectivity index (χ4n) is 3.82. The van der Waals surface area contributed by atoms with E-state index in [1.165, 1.54) is 5.56 Å². The summed E-state index contributed by atoms with van der Waals surface area (Å²) in [5.41, 5.74) is 6.20. The highest BCUT2D eigenvalue weighted by Gasteiger charge is 2.38. The zero-order chi connectivity index (χ0) is 16.8. The summed E-state index contributed by atoms with van der Waals surface area (Å²) in [6.45, 7) is 6.32. The first-order chi connectivity index (χ1) is 11.6. The SMILES string of the molecule is Cc1noc2c1[C@@H](c1ccc(C(C)C)cc1)C1=C(CCCC1=O)N2. The summed E-state index contributed by atoms with van der Waals surface area (Å²) in [7, 11) is 0. The van der Waals surface area contributed by atoms with Crippen LogP contribution in [0.3, 0.4) is 0 Å². The average Bonchev–Trinajstić information content (AvgIpc) is 2.94. The van der Waals surface area contributed by atoms with Crippen molar-refractivity contribution >= 4 is 11.7 Å². The van der Waals surface area contributed by atoms with Crippen molar-refractivity contribution in [1.82, 2.24) is 5.16 Å². The van der Waals surface area contributed by atoms with Gasteiger partial charge in [0.15, 0.2) is 5.78 Å². The first-order valence-electron chi connectivity index (χ1n) is 8.65. The molecular formula is C20H22N2O2. The maximum absolute atomic E-state index is 12.7. The van der Waals surface area contributed by atoms with Crippen LogP contribution in [0.2, 0.25) is 0 Å². The third-order valence-corrected chi connectivity index (χ3v) is 5.14. The Labute approximate surface area is 141 Å². The quantitative estimate of drug-likeness (QED) is 0.873. The van der Waals surface area contributed by atoms with Crippen molar-refractivity contribution in [2.75, 3.05) is 5.32 Å². The van der Waals surface area contributed by atoms with E-state index >= 15 is 0 Å². The van der Waals surface area contributed by atoms with E-state index in [0.29, 0.717) is 18.2 Å². The van der Waals surface area contributed by atoms with E-state index in [9.17, 15) is 4.79 Å². The normalized spacial score (nSPS) is 20.0. The summed E-state index contributed by atoms with van der Waals surface area (Å²) < 4.78 is 5.48. The Morgan fingerprint density at radius 2 is 1.96 bits per heavy atom. The second-order valence-corrected chi connectivity index (χ2v) is 7.06. The predicted molar refractivity (Wildman–Crippen MR) is 93.1 cm³/mol. The third-order valence-electron chi connectivity index (χ3n) is 5.14. The molecule has 2 aromatic rings. The number of ketones is 1. The average molecular weight is 322 g/mol. The van der Waals surface area contributed by atoms with Crippen LogP contribution in [0.1, 0.15) is 67.3 Å². The fourth-order valence-corrected chi connectivity index (χ4v) is 3.82. The summed E-state index contributed by atoms with van der Waals surface area (Å²) >= 11 is 0. The maximum Gasteiger partial charge on any atom is 0.233 e. The number of nitrogens with zero attached hydrogens (tertiary/aromatic N) is 1. The molecular weight excluding hydrogens is 300 g/mol. The molecule has 1 aliphatic carbocycles. The Morgan fingerprint density at radius 3 is 2.67 bits per heavy atom. The van der Waals surface area contributed by atoms with Crippen LogP contribution >= 0.6 is 0 Å². The molecule has 0 bridgehead atoms. The molecule has 0 radical (unpaired) electrons. The van der Waals surface area contributed by atoms with Crippen molar-refractivity contribution in [3.05, 3.63) is 57.9 Å². The number of hydrogen-bond acceptors (Lipinski definition) is 4. The smallest absolute Gasteiger partial charge is 0.233 e. The van der Waals surface area contributed by atoms with Crippen LogP contribution in [0, 0.1) is 6.92 Å². The lowest BCUT2D eigenvalue weighted by Gasteiger charge is -2.31. The molecule has 0 unspecified atom stereocenters. The van der Waals surface area contributed by atoms with Gasteiger partial charge in [-0.05, 0) is 36.8 Å². The van der Waals surface area contributed by atoms with Crippen LogP contribution in [0.15, 0.2) is 40.1 Å². The molecule has 0 spiro atoms.